The van der Waals surface area contributed by atoms with Gasteiger partial charge in [0.15, 0.2) is 0 Å². The molecule has 1 unspecified atom stereocenters. The second-order valence-corrected chi connectivity index (χ2v) is 3.90. The highest BCUT2D eigenvalue weighted by atomic mass is 19.4. The van der Waals surface area contributed by atoms with Gasteiger partial charge in [-0.15, -0.1) is 0 Å². The molecule has 1 heterocycles. The molecule has 1 aromatic rings. The lowest BCUT2D eigenvalue weighted by Crippen LogP contribution is -2.29. The second-order valence-electron chi connectivity index (χ2n) is 3.90. The monoisotopic (exact) mass is 249 g/mol. The number of aromatic nitrogens is 2. The van der Waals surface area contributed by atoms with Gasteiger partial charge in [0, 0.05) is 18.9 Å². The largest absolute Gasteiger partial charge is 0.391 e. The van der Waals surface area contributed by atoms with E-state index in [1.54, 1.807) is 10.8 Å². The minimum atomic E-state index is -4.18. The number of halogens is 3. The van der Waals surface area contributed by atoms with E-state index < -0.39 is 18.6 Å². The Morgan fingerprint density at radius 1 is 1.41 bits per heavy atom. The van der Waals surface area contributed by atoms with Crippen molar-refractivity contribution < 1.29 is 13.2 Å². The van der Waals surface area contributed by atoms with Gasteiger partial charge in [0.1, 0.15) is 5.82 Å². The smallest absolute Gasteiger partial charge is 0.334 e. The summed E-state index contributed by atoms with van der Waals surface area (Å²) in [5, 5.41) is 2.90. The van der Waals surface area contributed by atoms with Crippen LogP contribution in [0.15, 0.2) is 12.4 Å². The molecule has 0 fully saturated rings. The first-order chi connectivity index (χ1) is 7.98. The first-order valence-electron chi connectivity index (χ1n) is 5.79. The van der Waals surface area contributed by atoms with Crippen molar-refractivity contribution in [2.45, 2.75) is 45.5 Å². The Morgan fingerprint density at radius 2 is 2.12 bits per heavy atom. The van der Waals surface area contributed by atoms with Crippen molar-refractivity contribution in [2.75, 3.05) is 6.54 Å². The summed E-state index contributed by atoms with van der Waals surface area (Å²) >= 11 is 0. The maximum atomic E-state index is 12.5. The van der Waals surface area contributed by atoms with Crippen molar-refractivity contribution in [3.8, 4) is 0 Å². The molecule has 0 spiro atoms. The van der Waals surface area contributed by atoms with Crippen LogP contribution in [0.1, 0.15) is 38.6 Å². The third kappa shape index (κ3) is 4.38. The van der Waals surface area contributed by atoms with Crippen molar-refractivity contribution in [3.05, 3.63) is 18.2 Å². The van der Waals surface area contributed by atoms with Crippen LogP contribution < -0.4 is 5.32 Å². The number of aryl methyl sites for hydroxylation is 1. The molecule has 1 atom stereocenters. The van der Waals surface area contributed by atoms with Gasteiger partial charge in [-0.25, -0.2) is 4.98 Å². The molecule has 0 aliphatic heterocycles. The van der Waals surface area contributed by atoms with Gasteiger partial charge < -0.3 is 9.88 Å². The molecule has 0 amide bonds. The summed E-state index contributed by atoms with van der Waals surface area (Å²) in [6.45, 7) is 4.98. The van der Waals surface area contributed by atoms with Crippen LogP contribution in [-0.4, -0.2) is 22.3 Å². The number of nitrogens with zero attached hydrogens (tertiary/aromatic N) is 2. The van der Waals surface area contributed by atoms with Gasteiger partial charge in [0.25, 0.3) is 0 Å². The van der Waals surface area contributed by atoms with E-state index in [4.69, 9.17) is 0 Å². The fraction of sp³-hybridized carbons (Fsp3) is 0.727. The Bertz CT molecular complexity index is 333. The van der Waals surface area contributed by atoms with Gasteiger partial charge >= 0.3 is 6.18 Å². The van der Waals surface area contributed by atoms with Crippen LogP contribution in [0.25, 0.3) is 0 Å². The molecule has 0 saturated carbocycles. The highest BCUT2D eigenvalue weighted by Gasteiger charge is 2.34. The third-order valence-corrected chi connectivity index (χ3v) is 2.48. The summed E-state index contributed by atoms with van der Waals surface area (Å²) in [4.78, 5) is 4.02. The average Bonchev–Trinajstić information content (AvgIpc) is 2.70. The number of alkyl halides is 3. The normalized spacial score (nSPS) is 13.9. The zero-order chi connectivity index (χ0) is 12.9. The molecule has 0 saturated heterocycles. The van der Waals surface area contributed by atoms with Crippen LogP contribution in [0.4, 0.5) is 13.2 Å². The molecule has 98 valence electrons. The maximum Gasteiger partial charge on any atom is 0.391 e. The summed E-state index contributed by atoms with van der Waals surface area (Å²) < 4.78 is 39.2. The molecule has 3 nitrogen and oxygen atoms in total. The topological polar surface area (TPSA) is 29.9 Å². The van der Waals surface area contributed by atoms with E-state index in [0.29, 0.717) is 18.9 Å². The predicted octanol–water partition coefficient (Wildman–Crippen LogP) is 2.90. The first kappa shape index (κ1) is 14.0. The molecule has 0 radical (unpaired) electrons. The fourth-order valence-electron chi connectivity index (χ4n) is 1.70. The maximum absolute atomic E-state index is 12.5. The van der Waals surface area contributed by atoms with Crippen LogP contribution in [0.2, 0.25) is 0 Å². The quantitative estimate of drug-likeness (QED) is 0.840. The van der Waals surface area contributed by atoms with Crippen LogP contribution in [-0.2, 0) is 6.54 Å². The third-order valence-electron chi connectivity index (χ3n) is 2.48. The lowest BCUT2D eigenvalue weighted by atomic mass is 10.2. The Hall–Kier alpha value is -1.04. The predicted molar refractivity (Wildman–Crippen MR) is 59.6 cm³/mol. The fourth-order valence-corrected chi connectivity index (χ4v) is 1.70. The molecular formula is C11H18F3N3. The number of hydrogen-bond acceptors (Lipinski definition) is 2. The Labute approximate surface area is 99.0 Å². The van der Waals surface area contributed by atoms with E-state index in [0.717, 1.165) is 6.42 Å². The Balaban J connectivity index is 2.82. The van der Waals surface area contributed by atoms with Crippen LogP contribution in [0, 0.1) is 0 Å². The highest BCUT2D eigenvalue weighted by Crippen LogP contribution is 2.28. The summed E-state index contributed by atoms with van der Waals surface area (Å²) in [5.74, 6) is 0.457. The van der Waals surface area contributed by atoms with Gasteiger partial charge in [-0.2, -0.15) is 13.2 Å². The standard InChI is InChI=1S/C11H18F3N3/c1-3-5-15-9(8-11(12,13)14)10-16-6-7-17(10)4-2/h6-7,9,15H,3-5,8H2,1-2H3. The average molecular weight is 249 g/mol. The zero-order valence-corrected chi connectivity index (χ0v) is 10.1. The molecule has 0 aliphatic carbocycles. The molecule has 6 heteroatoms. The van der Waals surface area contributed by atoms with E-state index in [9.17, 15) is 13.2 Å². The van der Waals surface area contributed by atoms with Gasteiger partial charge in [-0.1, -0.05) is 6.92 Å². The summed E-state index contributed by atoms with van der Waals surface area (Å²) in [6, 6.07) is -0.759. The van der Waals surface area contributed by atoms with Crippen molar-refractivity contribution >= 4 is 0 Å². The molecule has 0 aromatic carbocycles. The van der Waals surface area contributed by atoms with E-state index in [1.807, 2.05) is 13.8 Å². The number of rotatable bonds is 6. The van der Waals surface area contributed by atoms with E-state index >= 15 is 0 Å². The van der Waals surface area contributed by atoms with Crippen molar-refractivity contribution in [2.24, 2.45) is 0 Å². The van der Waals surface area contributed by atoms with Gasteiger partial charge in [-0.3, -0.25) is 0 Å². The van der Waals surface area contributed by atoms with E-state index in [2.05, 4.69) is 10.3 Å². The lowest BCUT2D eigenvalue weighted by molar-refractivity contribution is -0.141. The number of hydrogen-bond donors (Lipinski definition) is 1. The molecule has 1 rings (SSSR count). The Morgan fingerprint density at radius 3 is 2.65 bits per heavy atom. The summed E-state index contributed by atoms with van der Waals surface area (Å²) in [5.41, 5.74) is 0. The Kier molecular flexibility index (Phi) is 4.99. The first-order valence-corrected chi connectivity index (χ1v) is 5.79. The highest BCUT2D eigenvalue weighted by molar-refractivity contribution is 5.00. The number of imidazole rings is 1. The minimum absolute atomic E-state index is 0.457. The molecule has 1 N–H and O–H groups in total. The molecule has 0 aliphatic rings. The zero-order valence-electron chi connectivity index (χ0n) is 10.1. The van der Waals surface area contributed by atoms with Gasteiger partial charge in [0.2, 0.25) is 0 Å². The van der Waals surface area contributed by atoms with Gasteiger partial charge in [-0.05, 0) is 19.9 Å². The van der Waals surface area contributed by atoms with E-state index in [-0.39, 0.29) is 0 Å². The minimum Gasteiger partial charge on any atom is -0.334 e. The molecular weight excluding hydrogens is 231 g/mol. The van der Waals surface area contributed by atoms with Crippen LogP contribution in [0.3, 0.4) is 0 Å². The van der Waals surface area contributed by atoms with Crippen molar-refractivity contribution in [3.63, 3.8) is 0 Å². The van der Waals surface area contributed by atoms with Crippen LogP contribution >= 0.6 is 0 Å². The van der Waals surface area contributed by atoms with Crippen molar-refractivity contribution in [1.29, 1.82) is 0 Å². The summed E-state index contributed by atoms with van der Waals surface area (Å²) in [7, 11) is 0. The summed E-state index contributed by atoms with van der Waals surface area (Å²) in [6.07, 6.45) is -1.04. The SMILES string of the molecule is CCCNC(CC(F)(F)F)c1nccn1CC. The second kappa shape index (κ2) is 6.05. The molecule has 1 aromatic heterocycles. The van der Waals surface area contributed by atoms with Crippen LogP contribution in [0.5, 0.6) is 0 Å². The number of nitrogens with one attached hydrogen (secondary N) is 1. The molecule has 0 bridgehead atoms. The lowest BCUT2D eigenvalue weighted by Gasteiger charge is -2.20. The van der Waals surface area contributed by atoms with Gasteiger partial charge in [0.05, 0.1) is 12.5 Å². The van der Waals surface area contributed by atoms with Crippen molar-refractivity contribution in [1.82, 2.24) is 14.9 Å². The molecule has 17 heavy (non-hydrogen) atoms. The van der Waals surface area contributed by atoms with E-state index in [1.165, 1.54) is 6.20 Å².